The zero-order valence-electron chi connectivity index (χ0n) is 20.6. The van der Waals surface area contributed by atoms with Gasteiger partial charge >= 0.3 is 0 Å². The number of nitrogens with one attached hydrogen (secondary N) is 2. The lowest BCUT2D eigenvalue weighted by molar-refractivity contribution is -0.122. The number of para-hydroxylation sites is 2. The summed E-state index contributed by atoms with van der Waals surface area (Å²) in [6.07, 6.45) is 6.12. The molecular weight excluding hydrogens is 436 g/mol. The SMILES string of the molecule is CN(C)CC#Cc1cc(N2C3CC4CC(C3)CC2C4)ccc1NC(=O)C1CNc2ccccc2O1. The van der Waals surface area contributed by atoms with Gasteiger partial charge in [-0.3, -0.25) is 9.69 Å². The lowest BCUT2D eigenvalue weighted by Gasteiger charge is -2.57. The number of hydrogen-bond acceptors (Lipinski definition) is 5. The van der Waals surface area contributed by atoms with Crippen molar-refractivity contribution in [3.8, 4) is 17.6 Å². The number of nitrogens with zero attached hydrogens (tertiary/aromatic N) is 2. The fourth-order valence-electron chi connectivity index (χ4n) is 6.62. The first-order valence-electron chi connectivity index (χ1n) is 12.9. The second-order valence-electron chi connectivity index (χ2n) is 10.9. The number of amides is 1. The van der Waals surface area contributed by atoms with Crippen LogP contribution in [-0.4, -0.2) is 56.2 Å². The van der Waals surface area contributed by atoms with Gasteiger partial charge in [0.25, 0.3) is 5.91 Å². The first kappa shape index (κ1) is 22.3. The number of carbonyl (C=O) groups is 1. The van der Waals surface area contributed by atoms with Crippen LogP contribution >= 0.6 is 0 Å². The van der Waals surface area contributed by atoms with Gasteiger partial charge in [0.1, 0.15) is 5.75 Å². The fraction of sp³-hybridized carbons (Fsp3) is 0.483. The van der Waals surface area contributed by atoms with Crippen LogP contribution in [0, 0.1) is 23.7 Å². The van der Waals surface area contributed by atoms with Crippen LogP contribution in [0.5, 0.6) is 5.75 Å². The summed E-state index contributed by atoms with van der Waals surface area (Å²) in [4.78, 5) is 17.9. The van der Waals surface area contributed by atoms with Gasteiger partial charge in [-0.05, 0) is 88.4 Å². The van der Waals surface area contributed by atoms with Crippen molar-refractivity contribution in [1.29, 1.82) is 0 Å². The molecule has 2 aromatic carbocycles. The molecule has 2 N–H and O–H groups in total. The lowest BCUT2D eigenvalue weighted by Crippen LogP contribution is -2.58. The summed E-state index contributed by atoms with van der Waals surface area (Å²) in [7, 11) is 4.03. The lowest BCUT2D eigenvalue weighted by atomic mass is 9.63. The highest BCUT2D eigenvalue weighted by atomic mass is 16.5. The third kappa shape index (κ3) is 4.46. The normalized spacial score (nSPS) is 28.0. The zero-order chi connectivity index (χ0) is 23.9. The Morgan fingerprint density at radius 1 is 1.09 bits per heavy atom. The Hall–Kier alpha value is -3.17. The monoisotopic (exact) mass is 470 g/mol. The van der Waals surface area contributed by atoms with E-state index < -0.39 is 6.10 Å². The van der Waals surface area contributed by atoms with Crippen molar-refractivity contribution >= 4 is 23.0 Å². The topological polar surface area (TPSA) is 56.8 Å². The van der Waals surface area contributed by atoms with Crippen LogP contribution in [0.2, 0.25) is 0 Å². The van der Waals surface area contributed by atoms with Gasteiger partial charge in [0.15, 0.2) is 6.10 Å². The largest absolute Gasteiger partial charge is 0.477 e. The molecule has 2 saturated heterocycles. The summed E-state index contributed by atoms with van der Waals surface area (Å²) < 4.78 is 5.98. The number of piperidine rings is 2. The molecular formula is C29H34N4O2. The molecule has 7 rings (SSSR count). The maximum atomic E-state index is 13.2. The third-order valence-electron chi connectivity index (χ3n) is 7.98. The Labute approximate surface area is 208 Å². The molecule has 182 valence electrons. The molecule has 0 radical (unpaired) electrons. The van der Waals surface area contributed by atoms with E-state index in [9.17, 15) is 4.79 Å². The second kappa shape index (κ2) is 9.13. The molecule has 35 heavy (non-hydrogen) atoms. The first-order chi connectivity index (χ1) is 17.0. The Kier molecular flexibility index (Phi) is 5.82. The first-order valence-corrected chi connectivity index (χ1v) is 12.9. The van der Waals surface area contributed by atoms with Crippen molar-refractivity contribution in [2.45, 2.75) is 50.3 Å². The molecule has 0 aromatic heterocycles. The highest BCUT2D eigenvalue weighted by Crippen LogP contribution is 2.50. The number of hydrogen-bond donors (Lipinski definition) is 2. The van der Waals surface area contributed by atoms with Crippen molar-refractivity contribution in [3.63, 3.8) is 0 Å². The summed E-state index contributed by atoms with van der Waals surface area (Å²) in [6, 6.07) is 15.4. The maximum absolute atomic E-state index is 13.2. The fourth-order valence-corrected chi connectivity index (χ4v) is 6.62. The molecule has 6 nitrogen and oxygen atoms in total. The average molecular weight is 471 g/mol. The van der Waals surface area contributed by atoms with Crippen molar-refractivity contribution in [2.24, 2.45) is 11.8 Å². The molecule has 3 heterocycles. The predicted octanol–water partition coefficient (Wildman–Crippen LogP) is 4.18. The van der Waals surface area contributed by atoms with E-state index in [4.69, 9.17) is 4.74 Å². The molecule has 1 unspecified atom stereocenters. The van der Waals surface area contributed by atoms with E-state index in [1.807, 2.05) is 44.4 Å². The van der Waals surface area contributed by atoms with Crippen LogP contribution in [0.15, 0.2) is 42.5 Å². The van der Waals surface area contributed by atoms with E-state index in [-0.39, 0.29) is 5.91 Å². The summed E-state index contributed by atoms with van der Waals surface area (Å²) in [6.45, 7) is 1.10. The minimum Gasteiger partial charge on any atom is -0.477 e. The van der Waals surface area contributed by atoms with Crippen molar-refractivity contribution in [1.82, 2.24) is 4.90 Å². The van der Waals surface area contributed by atoms with Gasteiger partial charge in [0, 0.05) is 17.8 Å². The number of fused-ring (bicyclic) bond motifs is 1. The van der Waals surface area contributed by atoms with Gasteiger partial charge in [-0.15, -0.1) is 0 Å². The molecule has 2 aliphatic carbocycles. The average Bonchev–Trinajstić information content (AvgIpc) is 2.84. The van der Waals surface area contributed by atoms with Crippen LogP contribution in [0.3, 0.4) is 0 Å². The zero-order valence-corrected chi connectivity index (χ0v) is 20.6. The van der Waals surface area contributed by atoms with Gasteiger partial charge in [0.05, 0.1) is 30.0 Å². The van der Waals surface area contributed by atoms with Gasteiger partial charge in [-0.25, -0.2) is 0 Å². The Bertz CT molecular complexity index is 1150. The highest BCUT2D eigenvalue weighted by molar-refractivity contribution is 5.96. The second-order valence-corrected chi connectivity index (χ2v) is 10.9. The van der Waals surface area contributed by atoms with E-state index >= 15 is 0 Å². The molecule has 6 heteroatoms. The van der Waals surface area contributed by atoms with Crippen LogP contribution in [0.4, 0.5) is 17.1 Å². The minimum absolute atomic E-state index is 0.162. The van der Waals surface area contributed by atoms with Crippen molar-refractivity contribution < 1.29 is 9.53 Å². The summed E-state index contributed by atoms with van der Waals surface area (Å²) >= 11 is 0. The molecule has 0 spiro atoms. The number of anilines is 3. The van der Waals surface area contributed by atoms with Crippen LogP contribution in [0.25, 0.3) is 0 Å². The smallest absolute Gasteiger partial charge is 0.267 e. The molecule has 1 amide bonds. The standard InChI is InChI=1S/C29H34N4O2/c1-32(2)11-5-6-21-17-22(33-23-13-19-12-20(15-23)16-24(33)14-19)9-10-25(21)31-29(34)28-18-30-26-7-3-4-8-27(26)35-28/h3-4,7-10,17,19-20,23-24,28,30H,11-16,18H2,1-2H3,(H,31,34). The molecule has 2 saturated carbocycles. The van der Waals surface area contributed by atoms with E-state index in [2.05, 4.69) is 44.4 Å². The van der Waals surface area contributed by atoms with E-state index in [1.54, 1.807) is 0 Å². The van der Waals surface area contributed by atoms with Crippen molar-refractivity contribution in [2.75, 3.05) is 42.7 Å². The van der Waals surface area contributed by atoms with Crippen LogP contribution in [-0.2, 0) is 4.79 Å². The molecule has 4 fully saturated rings. The number of carbonyl (C=O) groups excluding carboxylic acids is 1. The van der Waals surface area contributed by atoms with Crippen LogP contribution < -0.4 is 20.3 Å². The summed E-state index contributed by atoms with van der Waals surface area (Å²) in [5.74, 6) is 8.98. The van der Waals surface area contributed by atoms with Gasteiger partial charge in [-0.1, -0.05) is 24.0 Å². The number of rotatable bonds is 4. The van der Waals surface area contributed by atoms with Gasteiger partial charge in [0.2, 0.25) is 0 Å². The summed E-state index contributed by atoms with van der Waals surface area (Å²) in [5.41, 5.74) is 3.78. The van der Waals surface area contributed by atoms with E-state index in [1.165, 1.54) is 37.8 Å². The molecule has 3 aliphatic heterocycles. The third-order valence-corrected chi connectivity index (χ3v) is 7.98. The van der Waals surface area contributed by atoms with E-state index in [0.29, 0.717) is 30.9 Å². The van der Waals surface area contributed by atoms with Crippen molar-refractivity contribution in [3.05, 3.63) is 48.0 Å². The number of ether oxygens (including phenoxy) is 1. The Morgan fingerprint density at radius 3 is 2.57 bits per heavy atom. The van der Waals surface area contributed by atoms with E-state index in [0.717, 1.165) is 28.8 Å². The molecule has 2 aromatic rings. The molecule has 5 aliphatic rings. The van der Waals surface area contributed by atoms with Gasteiger partial charge in [-0.2, -0.15) is 0 Å². The summed E-state index contributed by atoms with van der Waals surface area (Å²) in [5, 5.41) is 6.40. The predicted molar refractivity (Wildman–Crippen MR) is 140 cm³/mol. The Morgan fingerprint density at radius 2 is 1.83 bits per heavy atom. The maximum Gasteiger partial charge on any atom is 0.267 e. The quantitative estimate of drug-likeness (QED) is 0.657. The Balaban J connectivity index is 1.24. The highest BCUT2D eigenvalue weighted by Gasteiger charge is 2.46. The number of benzene rings is 2. The molecule has 4 bridgehead atoms. The van der Waals surface area contributed by atoms with Crippen LogP contribution in [0.1, 0.15) is 37.7 Å². The minimum atomic E-state index is -0.597. The molecule has 1 atom stereocenters. The van der Waals surface area contributed by atoms with Gasteiger partial charge < -0.3 is 20.3 Å².